The molecule has 3 heterocycles. The van der Waals surface area contributed by atoms with Gasteiger partial charge in [-0.3, -0.25) is 9.59 Å². The zero-order valence-corrected chi connectivity index (χ0v) is 12.2. The van der Waals surface area contributed by atoms with E-state index in [-0.39, 0.29) is 17.5 Å². The Bertz CT molecular complexity index is 706. The van der Waals surface area contributed by atoms with E-state index in [1.807, 2.05) is 0 Å². The molecule has 3 rings (SSSR count). The van der Waals surface area contributed by atoms with Crippen molar-refractivity contribution in [1.82, 2.24) is 9.88 Å². The Balaban J connectivity index is 1.88. The summed E-state index contributed by atoms with van der Waals surface area (Å²) in [7, 11) is 0. The lowest BCUT2D eigenvalue weighted by Gasteiger charge is -2.34. The van der Waals surface area contributed by atoms with E-state index in [0.29, 0.717) is 24.5 Å². The predicted molar refractivity (Wildman–Crippen MR) is 82.5 cm³/mol. The molecule has 0 aliphatic carbocycles. The Hall–Kier alpha value is -2.34. The molecule has 2 aromatic heterocycles. The summed E-state index contributed by atoms with van der Waals surface area (Å²) >= 11 is 0. The van der Waals surface area contributed by atoms with Crippen molar-refractivity contribution < 1.29 is 9.21 Å². The largest absolute Gasteiger partial charge is 0.463 e. The number of nitrogens with one attached hydrogen (secondary N) is 1. The zero-order chi connectivity index (χ0) is 15.5. The summed E-state index contributed by atoms with van der Waals surface area (Å²) in [6.45, 7) is 1.08. The maximum absolute atomic E-state index is 12.6. The van der Waals surface area contributed by atoms with Gasteiger partial charge in [0.15, 0.2) is 0 Å². The van der Waals surface area contributed by atoms with Gasteiger partial charge in [0.1, 0.15) is 11.3 Å². The van der Waals surface area contributed by atoms with Crippen LogP contribution in [0.15, 0.2) is 39.7 Å². The summed E-state index contributed by atoms with van der Waals surface area (Å²) in [5, 5.41) is 0. The number of nitrogens with two attached hydrogens (primary N) is 1. The molecule has 1 amide bonds. The normalized spacial score (nSPS) is 18.4. The van der Waals surface area contributed by atoms with Crippen LogP contribution in [0.5, 0.6) is 0 Å². The van der Waals surface area contributed by atoms with Gasteiger partial charge in [-0.25, -0.2) is 0 Å². The maximum Gasteiger partial charge on any atom is 0.261 e. The minimum atomic E-state index is -0.403. The van der Waals surface area contributed by atoms with Crippen molar-refractivity contribution >= 4 is 5.91 Å². The second kappa shape index (κ2) is 6.19. The minimum Gasteiger partial charge on any atom is -0.463 e. The topological polar surface area (TPSA) is 92.3 Å². The van der Waals surface area contributed by atoms with Crippen LogP contribution in [-0.4, -0.2) is 34.9 Å². The molecule has 22 heavy (non-hydrogen) atoms. The number of H-pyrrole nitrogens is 1. The van der Waals surface area contributed by atoms with Crippen LogP contribution < -0.4 is 11.3 Å². The van der Waals surface area contributed by atoms with Gasteiger partial charge in [-0.1, -0.05) is 0 Å². The first-order chi connectivity index (χ1) is 10.7. The van der Waals surface area contributed by atoms with Crippen molar-refractivity contribution in [3.63, 3.8) is 0 Å². The number of rotatable bonds is 3. The SMILES string of the molecule is NCC1CCCCN1C(=O)c1ccc(-c2ccco2)[nH]c1=O. The van der Waals surface area contributed by atoms with Gasteiger partial charge in [-0.2, -0.15) is 0 Å². The average molecular weight is 301 g/mol. The second-order valence-electron chi connectivity index (χ2n) is 5.48. The van der Waals surface area contributed by atoms with E-state index in [1.165, 1.54) is 6.26 Å². The molecule has 0 spiro atoms. The number of amides is 1. The summed E-state index contributed by atoms with van der Waals surface area (Å²) in [5.74, 6) is 0.316. The van der Waals surface area contributed by atoms with Gasteiger partial charge in [0.2, 0.25) is 0 Å². The second-order valence-corrected chi connectivity index (χ2v) is 5.48. The number of pyridine rings is 1. The van der Waals surface area contributed by atoms with Crippen molar-refractivity contribution in [2.24, 2.45) is 5.73 Å². The standard InChI is InChI=1S/C16H19N3O3/c17-10-11-4-1-2-8-19(11)16(21)12-6-7-13(18-15(12)20)14-5-3-9-22-14/h3,5-7,9,11H,1-2,4,8,10,17H2,(H,18,20). The minimum absolute atomic E-state index is 0.0189. The molecule has 0 aromatic carbocycles. The van der Waals surface area contributed by atoms with E-state index in [9.17, 15) is 9.59 Å². The fourth-order valence-electron chi connectivity index (χ4n) is 2.89. The number of likely N-dealkylation sites (tertiary alicyclic amines) is 1. The Morgan fingerprint density at radius 1 is 1.36 bits per heavy atom. The molecule has 116 valence electrons. The van der Waals surface area contributed by atoms with Crippen LogP contribution in [0.2, 0.25) is 0 Å². The molecule has 0 saturated carbocycles. The molecular formula is C16H19N3O3. The predicted octanol–water partition coefficient (Wildman–Crippen LogP) is 1.59. The number of aromatic amines is 1. The number of nitrogens with zero attached hydrogens (tertiary/aromatic N) is 1. The highest BCUT2D eigenvalue weighted by atomic mass is 16.3. The van der Waals surface area contributed by atoms with Crippen molar-refractivity contribution in [1.29, 1.82) is 0 Å². The van der Waals surface area contributed by atoms with Crippen molar-refractivity contribution in [3.8, 4) is 11.5 Å². The van der Waals surface area contributed by atoms with E-state index in [0.717, 1.165) is 19.3 Å². The number of carbonyl (C=O) groups excluding carboxylic acids is 1. The first-order valence-electron chi connectivity index (χ1n) is 7.49. The van der Waals surface area contributed by atoms with Gasteiger partial charge in [0, 0.05) is 19.1 Å². The summed E-state index contributed by atoms with van der Waals surface area (Å²) in [5.41, 5.74) is 6.05. The van der Waals surface area contributed by atoms with E-state index >= 15 is 0 Å². The van der Waals surface area contributed by atoms with Crippen LogP contribution in [0, 0.1) is 0 Å². The molecule has 6 nitrogen and oxygen atoms in total. The van der Waals surface area contributed by atoms with E-state index < -0.39 is 5.56 Å². The Morgan fingerprint density at radius 2 is 2.23 bits per heavy atom. The Labute approximate surface area is 127 Å². The molecule has 3 N–H and O–H groups in total. The van der Waals surface area contributed by atoms with Gasteiger partial charge in [-0.05, 0) is 43.5 Å². The fourth-order valence-corrected chi connectivity index (χ4v) is 2.89. The number of hydrogen-bond acceptors (Lipinski definition) is 4. The lowest BCUT2D eigenvalue weighted by Crippen LogP contribution is -2.48. The van der Waals surface area contributed by atoms with Crippen LogP contribution in [-0.2, 0) is 0 Å². The third-order valence-corrected chi connectivity index (χ3v) is 4.09. The number of piperidine rings is 1. The molecule has 6 heteroatoms. The molecule has 1 aliphatic heterocycles. The van der Waals surface area contributed by atoms with Crippen molar-refractivity contribution in [2.45, 2.75) is 25.3 Å². The van der Waals surface area contributed by atoms with Gasteiger partial charge in [0.05, 0.1) is 12.0 Å². The van der Waals surface area contributed by atoms with Gasteiger partial charge >= 0.3 is 0 Å². The van der Waals surface area contributed by atoms with Crippen LogP contribution in [0.1, 0.15) is 29.6 Å². The molecule has 1 fully saturated rings. The maximum atomic E-state index is 12.6. The quantitative estimate of drug-likeness (QED) is 0.900. The average Bonchev–Trinajstić information content (AvgIpc) is 3.08. The van der Waals surface area contributed by atoms with Gasteiger partial charge in [0.25, 0.3) is 11.5 Å². The van der Waals surface area contributed by atoms with Gasteiger partial charge < -0.3 is 20.0 Å². The van der Waals surface area contributed by atoms with Crippen molar-refractivity contribution in [3.05, 3.63) is 46.4 Å². The number of furan rings is 1. The van der Waals surface area contributed by atoms with Crippen LogP contribution in [0.25, 0.3) is 11.5 Å². The lowest BCUT2D eigenvalue weighted by atomic mass is 10.0. The van der Waals surface area contributed by atoms with E-state index in [4.69, 9.17) is 10.2 Å². The smallest absolute Gasteiger partial charge is 0.261 e. The first-order valence-corrected chi connectivity index (χ1v) is 7.49. The summed E-state index contributed by atoms with van der Waals surface area (Å²) < 4.78 is 5.24. The monoisotopic (exact) mass is 301 g/mol. The highest BCUT2D eigenvalue weighted by molar-refractivity contribution is 5.94. The lowest BCUT2D eigenvalue weighted by molar-refractivity contribution is 0.0621. The van der Waals surface area contributed by atoms with Gasteiger partial charge in [-0.15, -0.1) is 0 Å². The van der Waals surface area contributed by atoms with Crippen molar-refractivity contribution in [2.75, 3.05) is 13.1 Å². The molecule has 1 saturated heterocycles. The number of carbonyl (C=O) groups is 1. The molecule has 1 aliphatic rings. The van der Waals surface area contributed by atoms with E-state index in [2.05, 4.69) is 4.98 Å². The third-order valence-electron chi connectivity index (χ3n) is 4.09. The molecule has 0 bridgehead atoms. The summed E-state index contributed by atoms with van der Waals surface area (Å²) in [4.78, 5) is 29.3. The Morgan fingerprint density at radius 3 is 2.91 bits per heavy atom. The highest BCUT2D eigenvalue weighted by Gasteiger charge is 2.27. The molecule has 2 aromatic rings. The van der Waals surface area contributed by atoms with Crippen LogP contribution in [0.3, 0.4) is 0 Å². The third kappa shape index (κ3) is 2.69. The highest BCUT2D eigenvalue weighted by Crippen LogP contribution is 2.19. The summed E-state index contributed by atoms with van der Waals surface area (Å²) in [6, 6.07) is 6.76. The number of aromatic nitrogens is 1. The first kappa shape index (κ1) is 14.6. The molecule has 1 atom stereocenters. The summed E-state index contributed by atoms with van der Waals surface area (Å²) in [6.07, 6.45) is 4.45. The fraction of sp³-hybridized carbons (Fsp3) is 0.375. The molecule has 1 unspecified atom stereocenters. The number of hydrogen-bond donors (Lipinski definition) is 2. The molecular weight excluding hydrogens is 282 g/mol. The Kier molecular flexibility index (Phi) is 4.11. The molecule has 0 radical (unpaired) electrons. The van der Waals surface area contributed by atoms with E-state index in [1.54, 1.807) is 29.2 Å². The van der Waals surface area contributed by atoms with Crippen LogP contribution in [0.4, 0.5) is 0 Å². The zero-order valence-electron chi connectivity index (χ0n) is 12.2. The van der Waals surface area contributed by atoms with Crippen LogP contribution >= 0.6 is 0 Å².